The number of halogens is 2. The summed E-state index contributed by atoms with van der Waals surface area (Å²) in [6.07, 6.45) is 0.821. The van der Waals surface area contributed by atoms with Gasteiger partial charge in [-0.15, -0.1) is 0 Å². The van der Waals surface area contributed by atoms with Crippen LogP contribution < -0.4 is 5.73 Å². The van der Waals surface area contributed by atoms with Gasteiger partial charge in [-0.1, -0.05) is 45.7 Å². The molecule has 0 bridgehead atoms. The van der Waals surface area contributed by atoms with Gasteiger partial charge < -0.3 is 5.73 Å². The molecule has 2 aromatic carbocycles. The summed E-state index contributed by atoms with van der Waals surface area (Å²) in [6, 6.07) is 12.3. The van der Waals surface area contributed by atoms with Crippen LogP contribution in [-0.2, 0) is 6.42 Å². The highest BCUT2D eigenvalue weighted by Gasteiger charge is 2.12. The van der Waals surface area contributed by atoms with Gasteiger partial charge in [-0.3, -0.25) is 0 Å². The summed E-state index contributed by atoms with van der Waals surface area (Å²) in [4.78, 5) is 0. The molecule has 2 rings (SSSR count). The number of benzene rings is 2. The van der Waals surface area contributed by atoms with E-state index in [2.05, 4.69) is 41.1 Å². The van der Waals surface area contributed by atoms with Crippen LogP contribution in [0.25, 0.3) is 0 Å². The minimum atomic E-state index is -0.00901. The van der Waals surface area contributed by atoms with E-state index in [1.165, 1.54) is 11.1 Å². The molecule has 3 heteroatoms. The summed E-state index contributed by atoms with van der Waals surface area (Å²) in [5, 5.41) is 0.802. The maximum absolute atomic E-state index is 6.34. The fraction of sp³-hybridized carbons (Fsp3) is 0.250. The van der Waals surface area contributed by atoms with Crippen molar-refractivity contribution in [1.82, 2.24) is 0 Å². The van der Waals surface area contributed by atoms with Gasteiger partial charge in [0.05, 0.1) is 0 Å². The third-order valence-electron chi connectivity index (χ3n) is 3.29. The normalized spacial score (nSPS) is 12.5. The van der Waals surface area contributed by atoms with Crippen molar-refractivity contribution in [3.05, 3.63) is 68.1 Å². The molecule has 0 aliphatic heterocycles. The predicted octanol–water partition coefficient (Wildman–Crippen LogP) is 4.96. The van der Waals surface area contributed by atoms with Gasteiger partial charge in [0.1, 0.15) is 0 Å². The zero-order valence-corrected chi connectivity index (χ0v) is 13.4. The number of hydrogen-bond acceptors (Lipinski definition) is 1. The molecule has 19 heavy (non-hydrogen) atoms. The van der Waals surface area contributed by atoms with Crippen molar-refractivity contribution in [2.24, 2.45) is 5.73 Å². The zero-order valence-electron chi connectivity index (χ0n) is 11.1. The van der Waals surface area contributed by atoms with Crippen LogP contribution >= 0.6 is 27.5 Å². The number of nitrogens with two attached hydrogens (primary N) is 1. The molecule has 0 fully saturated rings. The first-order chi connectivity index (χ1) is 8.97. The Kier molecular flexibility index (Phi) is 4.67. The SMILES string of the molecule is Cc1cc(C(N)Cc2cccc(Br)c2)c(C)cc1Cl. The van der Waals surface area contributed by atoms with Gasteiger partial charge in [0.2, 0.25) is 0 Å². The highest BCUT2D eigenvalue weighted by atomic mass is 79.9. The Morgan fingerprint density at radius 3 is 2.58 bits per heavy atom. The van der Waals surface area contributed by atoms with Crippen molar-refractivity contribution in [3.63, 3.8) is 0 Å². The Labute approximate surface area is 127 Å². The summed E-state index contributed by atoms with van der Waals surface area (Å²) in [5.41, 5.74) is 11.0. The Bertz CT molecular complexity index is 595. The third kappa shape index (κ3) is 3.59. The molecule has 1 atom stereocenters. The van der Waals surface area contributed by atoms with Crippen LogP contribution in [0.2, 0.25) is 5.02 Å². The van der Waals surface area contributed by atoms with Crippen LogP contribution in [0.5, 0.6) is 0 Å². The quantitative estimate of drug-likeness (QED) is 0.841. The van der Waals surface area contributed by atoms with Crippen LogP contribution in [0.1, 0.15) is 28.3 Å². The Morgan fingerprint density at radius 2 is 1.89 bits per heavy atom. The fourth-order valence-corrected chi connectivity index (χ4v) is 2.90. The third-order valence-corrected chi connectivity index (χ3v) is 4.19. The van der Waals surface area contributed by atoms with E-state index in [9.17, 15) is 0 Å². The predicted molar refractivity (Wildman–Crippen MR) is 85.7 cm³/mol. The monoisotopic (exact) mass is 337 g/mol. The van der Waals surface area contributed by atoms with E-state index in [-0.39, 0.29) is 6.04 Å². The second-order valence-corrected chi connectivity index (χ2v) is 6.22. The van der Waals surface area contributed by atoms with Crippen molar-refractivity contribution < 1.29 is 0 Å². The molecule has 0 radical (unpaired) electrons. The average Bonchev–Trinajstić information content (AvgIpc) is 2.33. The summed E-state index contributed by atoms with van der Waals surface area (Å²) < 4.78 is 1.08. The Balaban J connectivity index is 2.25. The molecule has 0 aromatic heterocycles. The minimum absolute atomic E-state index is 0.00901. The molecule has 0 aliphatic carbocycles. The van der Waals surface area contributed by atoms with Crippen LogP contribution in [0, 0.1) is 13.8 Å². The van der Waals surface area contributed by atoms with Gasteiger partial charge in [-0.25, -0.2) is 0 Å². The zero-order chi connectivity index (χ0) is 14.0. The molecule has 1 nitrogen and oxygen atoms in total. The maximum Gasteiger partial charge on any atom is 0.0438 e. The van der Waals surface area contributed by atoms with Crippen LogP contribution in [0.3, 0.4) is 0 Å². The molecule has 2 N–H and O–H groups in total. The van der Waals surface area contributed by atoms with Crippen LogP contribution in [0.15, 0.2) is 40.9 Å². The largest absolute Gasteiger partial charge is 0.324 e. The lowest BCUT2D eigenvalue weighted by atomic mass is 9.94. The summed E-state index contributed by atoms with van der Waals surface area (Å²) in [6.45, 7) is 4.07. The molecule has 0 aliphatic rings. The molecule has 0 amide bonds. The summed E-state index contributed by atoms with van der Waals surface area (Å²) in [7, 11) is 0. The van der Waals surface area contributed by atoms with E-state index in [4.69, 9.17) is 17.3 Å². The van der Waals surface area contributed by atoms with E-state index in [1.807, 2.05) is 25.1 Å². The Hall–Kier alpha value is -0.830. The minimum Gasteiger partial charge on any atom is -0.324 e. The van der Waals surface area contributed by atoms with Crippen molar-refractivity contribution in [2.45, 2.75) is 26.3 Å². The molecule has 2 aromatic rings. The van der Waals surface area contributed by atoms with Crippen LogP contribution in [0.4, 0.5) is 0 Å². The van der Waals surface area contributed by atoms with Crippen molar-refractivity contribution in [3.8, 4) is 0 Å². The number of aryl methyl sites for hydroxylation is 2. The van der Waals surface area contributed by atoms with Crippen molar-refractivity contribution in [2.75, 3.05) is 0 Å². The molecule has 0 saturated carbocycles. The molecule has 1 unspecified atom stereocenters. The molecule has 0 spiro atoms. The lowest BCUT2D eigenvalue weighted by Crippen LogP contribution is -2.15. The highest BCUT2D eigenvalue weighted by Crippen LogP contribution is 2.26. The maximum atomic E-state index is 6.34. The van der Waals surface area contributed by atoms with E-state index < -0.39 is 0 Å². The molecule has 0 heterocycles. The second-order valence-electron chi connectivity index (χ2n) is 4.90. The van der Waals surface area contributed by atoms with Gasteiger partial charge >= 0.3 is 0 Å². The summed E-state index contributed by atoms with van der Waals surface area (Å²) in [5.74, 6) is 0. The van der Waals surface area contributed by atoms with Gasteiger partial charge in [0, 0.05) is 15.5 Å². The molecule has 0 saturated heterocycles. The topological polar surface area (TPSA) is 26.0 Å². The van der Waals surface area contributed by atoms with Crippen molar-refractivity contribution in [1.29, 1.82) is 0 Å². The number of hydrogen-bond donors (Lipinski definition) is 1. The Morgan fingerprint density at radius 1 is 1.16 bits per heavy atom. The van der Waals surface area contributed by atoms with Crippen molar-refractivity contribution >= 4 is 27.5 Å². The van der Waals surface area contributed by atoms with E-state index >= 15 is 0 Å². The highest BCUT2D eigenvalue weighted by molar-refractivity contribution is 9.10. The number of rotatable bonds is 3. The molecular formula is C16H17BrClN. The standard InChI is InChI=1S/C16H17BrClN/c1-10-7-15(18)11(2)6-14(10)16(19)9-12-4-3-5-13(17)8-12/h3-8,16H,9,19H2,1-2H3. The lowest BCUT2D eigenvalue weighted by Gasteiger charge is -2.16. The average molecular weight is 339 g/mol. The first-order valence-corrected chi connectivity index (χ1v) is 7.41. The first-order valence-electron chi connectivity index (χ1n) is 6.24. The second kappa shape index (κ2) is 6.08. The van der Waals surface area contributed by atoms with Crippen LogP contribution in [-0.4, -0.2) is 0 Å². The smallest absolute Gasteiger partial charge is 0.0438 e. The van der Waals surface area contributed by atoms with Gasteiger partial charge in [0.15, 0.2) is 0 Å². The van der Waals surface area contributed by atoms with E-state index in [0.717, 1.165) is 27.0 Å². The van der Waals surface area contributed by atoms with Gasteiger partial charge in [0.25, 0.3) is 0 Å². The lowest BCUT2D eigenvalue weighted by molar-refractivity contribution is 0.715. The van der Waals surface area contributed by atoms with Gasteiger partial charge in [-0.05, 0) is 60.7 Å². The summed E-state index contributed by atoms with van der Waals surface area (Å²) >= 11 is 9.61. The fourth-order valence-electron chi connectivity index (χ4n) is 2.23. The van der Waals surface area contributed by atoms with E-state index in [1.54, 1.807) is 0 Å². The molecular weight excluding hydrogens is 322 g/mol. The molecule has 100 valence electrons. The van der Waals surface area contributed by atoms with E-state index in [0.29, 0.717) is 0 Å². The first kappa shape index (κ1) is 14.6. The van der Waals surface area contributed by atoms with Gasteiger partial charge in [-0.2, -0.15) is 0 Å².